The average Bonchev–Trinajstić information content (AvgIpc) is 3.22. The van der Waals surface area contributed by atoms with Crippen molar-refractivity contribution >= 4 is 53.3 Å². The third-order valence-corrected chi connectivity index (χ3v) is 7.27. The Bertz CT molecular complexity index is 1340. The number of hydrogen-bond donors (Lipinski definition) is 2. The van der Waals surface area contributed by atoms with Crippen LogP contribution in [-0.4, -0.2) is 59.1 Å². The van der Waals surface area contributed by atoms with E-state index in [9.17, 15) is 9.59 Å². The number of carbonyl (C=O) groups is 2. The van der Waals surface area contributed by atoms with Gasteiger partial charge in [-0.05, 0) is 43.0 Å². The lowest BCUT2D eigenvalue weighted by Gasteiger charge is -2.25. The standard InChI is InChI=1S/C28H29Cl2N5O4.ClH/c1-38-26(36)14-20-13-22(35(28(20)37)12-2-3-17-8-9-21(29)15-23(17)30)16-39-25-11-10-24(33-34-25)18-4-6-19(7-5-18)27(31)32;/h4-11,15,20,22H,2-3,12-14,16H2,1H3,(H3,31,32);1H/t20-,22-;/m0./s1. The van der Waals surface area contributed by atoms with Gasteiger partial charge in [-0.15, -0.1) is 22.6 Å². The predicted molar refractivity (Wildman–Crippen MR) is 156 cm³/mol. The highest BCUT2D eigenvalue weighted by molar-refractivity contribution is 6.35. The van der Waals surface area contributed by atoms with Crippen LogP contribution in [0.1, 0.15) is 30.4 Å². The van der Waals surface area contributed by atoms with Crippen molar-refractivity contribution in [2.24, 2.45) is 11.7 Å². The largest absolute Gasteiger partial charge is 0.474 e. The van der Waals surface area contributed by atoms with Crippen LogP contribution in [-0.2, 0) is 20.7 Å². The highest BCUT2D eigenvalue weighted by atomic mass is 35.5. The van der Waals surface area contributed by atoms with Gasteiger partial charge in [-0.25, -0.2) is 0 Å². The number of aromatic nitrogens is 2. The molecule has 1 aromatic heterocycles. The Morgan fingerprint density at radius 2 is 1.88 bits per heavy atom. The minimum absolute atomic E-state index is 0. The molecule has 9 nitrogen and oxygen atoms in total. The average molecular weight is 607 g/mol. The predicted octanol–water partition coefficient (Wildman–Crippen LogP) is 4.95. The van der Waals surface area contributed by atoms with Crippen molar-refractivity contribution in [1.82, 2.24) is 15.1 Å². The number of likely N-dealkylation sites (tertiary alicyclic amines) is 1. The van der Waals surface area contributed by atoms with Crippen molar-refractivity contribution in [3.05, 3.63) is 75.8 Å². The van der Waals surface area contributed by atoms with Crippen molar-refractivity contribution in [2.75, 3.05) is 20.3 Å². The number of nitrogens with one attached hydrogen (secondary N) is 1. The highest BCUT2D eigenvalue weighted by Crippen LogP contribution is 2.29. The van der Waals surface area contributed by atoms with E-state index in [1.807, 2.05) is 18.2 Å². The molecule has 12 heteroatoms. The number of amides is 1. The Hall–Kier alpha value is -3.40. The molecule has 0 saturated carbocycles. The van der Waals surface area contributed by atoms with Crippen molar-refractivity contribution in [1.29, 1.82) is 5.41 Å². The van der Waals surface area contributed by atoms with Gasteiger partial charge in [0.15, 0.2) is 0 Å². The lowest BCUT2D eigenvalue weighted by molar-refractivity contribution is -0.144. The Morgan fingerprint density at radius 3 is 2.50 bits per heavy atom. The van der Waals surface area contributed by atoms with E-state index in [-0.39, 0.29) is 43.2 Å². The Kier molecular flexibility index (Phi) is 11.1. The summed E-state index contributed by atoms with van der Waals surface area (Å²) in [6.07, 6.45) is 1.87. The van der Waals surface area contributed by atoms with Gasteiger partial charge in [-0.1, -0.05) is 53.5 Å². The first kappa shape index (κ1) is 31.1. The van der Waals surface area contributed by atoms with Crippen molar-refractivity contribution in [3.8, 4) is 17.1 Å². The molecular weight excluding hydrogens is 577 g/mol. The molecule has 1 saturated heterocycles. The molecule has 1 fully saturated rings. The molecule has 0 aliphatic carbocycles. The molecule has 2 aromatic carbocycles. The molecule has 0 bridgehead atoms. The number of carbonyl (C=O) groups excluding carboxylic acids is 2. The van der Waals surface area contributed by atoms with Crippen molar-refractivity contribution < 1.29 is 19.1 Å². The highest BCUT2D eigenvalue weighted by Gasteiger charge is 2.40. The molecule has 2 heterocycles. The third-order valence-electron chi connectivity index (χ3n) is 6.69. The van der Waals surface area contributed by atoms with Gasteiger partial charge < -0.3 is 20.1 Å². The number of methoxy groups -OCH3 is 1. The van der Waals surface area contributed by atoms with E-state index in [0.29, 0.717) is 53.0 Å². The fraction of sp³-hybridized carbons (Fsp3) is 0.321. The SMILES string of the molecule is COC(=O)C[C@@H]1C[C@@H](COc2ccc(-c3ccc(C(=N)N)cc3)nn2)N(CCCc2ccc(Cl)cc2Cl)C1=O.Cl. The summed E-state index contributed by atoms with van der Waals surface area (Å²) < 4.78 is 10.7. The van der Waals surface area contributed by atoms with Gasteiger partial charge in [0.05, 0.1) is 31.2 Å². The molecule has 1 amide bonds. The Morgan fingerprint density at radius 1 is 1.12 bits per heavy atom. The summed E-state index contributed by atoms with van der Waals surface area (Å²) in [5.74, 6) is -0.641. The van der Waals surface area contributed by atoms with Crippen LogP contribution >= 0.6 is 35.6 Å². The second kappa shape index (κ2) is 14.3. The van der Waals surface area contributed by atoms with Crippen LogP contribution in [0.4, 0.5) is 0 Å². The van der Waals surface area contributed by atoms with Crippen molar-refractivity contribution in [2.45, 2.75) is 31.7 Å². The molecule has 40 heavy (non-hydrogen) atoms. The normalized spacial score (nSPS) is 16.4. The van der Waals surface area contributed by atoms with Crippen molar-refractivity contribution in [3.63, 3.8) is 0 Å². The molecule has 0 spiro atoms. The molecule has 2 atom stereocenters. The molecule has 0 unspecified atom stereocenters. The van der Waals surface area contributed by atoms with E-state index in [4.69, 9.17) is 43.8 Å². The number of aryl methyl sites for hydroxylation is 1. The fourth-order valence-corrected chi connectivity index (χ4v) is 5.10. The first-order valence-electron chi connectivity index (χ1n) is 12.5. The maximum Gasteiger partial charge on any atom is 0.306 e. The minimum atomic E-state index is -0.461. The number of amidine groups is 1. The quantitative estimate of drug-likeness (QED) is 0.179. The first-order chi connectivity index (χ1) is 18.7. The van der Waals surface area contributed by atoms with Gasteiger partial charge in [0.25, 0.3) is 0 Å². The summed E-state index contributed by atoms with van der Waals surface area (Å²) in [7, 11) is 1.32. The molecule has 3 aromatic rings. The number of nitrogens with two attached hydrogens (primary N) is 1. The van der Waals surface area contributed by atoms with Crippen LogP contribution < -0.4 is 10.5 Å². The maximum atomic E-state index is 13.2. The molecule has 1 aliphatic heterocycles. The van der Waals surface area contributed by atoms with E-state index in [2.05, 4.69) is 10.2 Å². The van der Waals surface area contributed by atoms with E-state index < -0.39 is 11.9 Å². The molecule has 0 radical (unpaired) electrons. The number of ether oxygens (including phenoxy) is 2. The Labute approximate surface area is 248 Å². The van der Waals surface area contributed by atoms with Gasteiger partial charge in [-0.3, -0.25) is 15.0 Å². The zero-order valence-corrected chi connectivity index (χ0v) is 24.1. The molecule has 3 N–H and O–H groups in total. The van der Waals surface area contributed by atoms with E-state index >= 15 is 0 Å². The van der Waals surface area contributed by atoms with Gasteiger partial charge in [-0.2, -0.15) is 0 Å². The summed E-state index contributed by atoms with van der Waals surface area (Å²) in [6.45, 7) is 0.705. The van der Waals surface area contributed by atoms with E-state index in [1.54, 1.807) is 41.3 Å². The molecule has 4 rings (SSSR count). The van der Waals surface area contributed by atoms with Gasteiger partial charge >= 0.3 is 5.97 Å². The lowest BCUT2D eigenvalue weighted by Crippen LogP contribution is -2.38. The molecule has 212 valence electrons. The summed E-state index contributed by atoms with van der Waals surface area (Å²) in [5.41, 5.74) is 8.58. The summed E-state index contributed by atoms with van der Waals surface area (Å²) in [6, 6.07) is 15.8. The van der Waals surface area contributed by atoms with Crippen LogP contribution in [0.5, 0.6) is 5.88 Å². The number of nitrogen functional groups attached to an aromatic ring is 1. The lowest BCUT2D eigenvalue weighted by atomic mass is 10.0. The van der Waals surface area contributed by atoms with Crippen LogP contribution in [0.3, 0.4) is 0 Å². The monoisotopic (exact) mass is 605 g/mol. The van der Waals surface area contributed by atoms with Gasteiger partial charge in [0.1, 0.15) is 12.4 Å². The first-order valence-corrected chi connectivity index (χ1v) is 13.2. The fourth-order valence-electron chi connectivity index (χ4n) is 4.59. The number of halogens is 3. The number of nitrogens with zero attached hydrogens (tertiary/aromatic N) is 3. The maximum absolute atomic E-state index is 13.2. The minimum Gasteiger partial charge on any atom is -0.474 e. The smallest absolute Gasteiger partial charge is 0.306 e. The molecule has 1 aliphatic rings. The zero-order valence-electron chi connectivity index (χ0n) is 21.8. The van der Waals surface area contributed by atoms with E-state index in [1.165, 1.54) is 7.11 Å². The van der Waals surface area contributed by atoms with Gasteiger partial charge in [0.2, 0.25) is 11.8 Å². The summed E-state index contributed by atoms with van der Waals surface area (Å²) in [4.78, 5) is 26.8. The van der Waals surface area contributed by atoms with Crippen LogP contribution in [0, 0.1) is 11.3 Å². The third kappa shape index (κ3) is 7.84. The molecular formula is C28H30Cl3N5O4. The summed E-state index contributed by atoms with van der Waals surface area (Å²) in [5, 5.41) is 17.1. The summed E-state index contributed by atoms with van der Waals surface area (Å²) >= 11 is 12.3. The topological polar surface area (TPSA) is 131 Å². The zero-order chi connectivity index (χ0) is 27.9. The van der Waals surface area contributed by atoms with Gasteiger partial charge in [0, 0.05) is 33.8 Å². The number of esters is 1. The van der Waals surface area contributed by atoms with Crippen LogP contribution in [0.15, 0.2) is 54.6 Å². The van der Waals surface area contributed by atoms with Crippen LogP contribution in [0.25, 0.3) is 11.3 Å². The number of rotatable bonds is 11. The number of benzene rings is 2. The van der Waals surface area contributed by atoms with E-state index in [0.717, 1.165) is 11.1 Å². The van der Waals surface area contributed by atoms with Crippen LogP contribution in [0.2, 0.25) is 10.0 Å². The second-order valence-corrected chi connectivity index (χ2v) is 10.1. The number of hydrogen-bond acceptors (Lipinski definition) is 7. The second-order valence-electron chi connectivity index (χ2n) is 9.30. The Balaban J connectivity index is 0.00000441.